The number of halogens is 3. The van der Waals surface area contributed by atoms with Gasteiger partial charge in [0.05, 0.1) is 11.4 Å². The van der Waals surface area contributed by atoms with Crippen molar-refractivity contribution in [2.75, 3.05) is 32.9 Å². The molecular weight excluding hydrogens is 503 g/mol. The molecule has 0 saturated heterocycles. The highest BCUT2D eigenvalue weighted by atomic mass is 19.4. The summed E-state index contributed by atoms with van der Waals surface area (Å²) < 4.78 is 41.8. The van der Waals surface area contributed by atoms with Crippen molar-refractivity contribution in [1.82, 2.24) is 4.90 Å². The molecule has 0 aromatic heterocycles. The number of allylic oxidation sites excluding steroid dienone is 1. The summed E-state index contributed by atoms with van der Waals surface area (Å²) in [4.78, 5) is 15.1. The molecule has 0 aromatic carbocycles. The van der Waals surface area contributed by atoms with Crippen LogP contribution in [0.2, 0.25) is 0 Å². The minimum absolute atomic E-state index is 0.256. The van der Waals surface area contributed by atoms with E-state index in [4.69, 9.17) is 10.5 Å². The fraction of sp³-hybridized carbons (Fsp3) is 0.633. The third-order valence-electron chi connectivity index (χ3n) is 7.07. The van der Waals surface area contributed by atoms with Crippen molar-refractivity contribution < 1.29 is 17.9 Å². The molecule has 0 atom stereocenters. The van der Waals surface area contributed by atoms with E-state index in [1.54, 1.807) is 0 Å². The van der Waals surface area contributed by atoms with Gasteiger partial charge in [0.2, 0.25) is 0 Å². The number of alkyl halides is 3. The summed E-state index contributed by atoms with van der Waals surface area (Å²) in [5.41, 5.74) is 10.3. The molecule has 0 spiro atoms. The fourth-order valence-electron chi connectivity index (χ4n) is 5.02. The molecule has 0 unspecified atom stereocenters. The first kappa shape index (κ1) is 34.3. The van der Waals surface area contributed by atoms with Crippen molar-refractivity contribution in [1.29, 1.82) is 0 Å². The van der Waals surface area contributed by atoms with Crippen LogP contribution in [0.4, 0.5) is 13.2 Å². The first-order valence-corrected chi connectivity index (χ1v) is 13.9. The highest BCUT2D eigenvalue weighted by molar-refractivity contribution is 6.42. The molecule has 6 nitrogen and oxygen atoms in total. The zero-order chi connectivity index (χ0) is 29.3. The molecule has 1 saturated carbocycles. The van der Waals surface area contributed by atoms with Crippen molar-refractivity contribution in [2.45, 2.75) is 83.7 Å². The predicted molar refractivity (Wildman–Crippen MR) is 158 cm³/mol. The van der Waals surface area contributed by atoms with Crippen LogP contribution in [0, 0.1) is 5.92 Å². The van der Waals surface area contributed by atoms with Gasteiger partial charge in [0.1, 0.15) is 6.67 Å². The van der Waals surface area contributed by atoms with E-state index in [0.29, 0.717) is 25.2 Å². The van der Waals surface area contributed by atoms with Gasteiger partial charge < -0.3 is 15.4 Å². The van der Waals surface area contributed by atoms with E-state index in [0.717, 1.165) is 61.9 Å². The molecule has 9 heteroatoms. The van der Waals surface area contributed by atoms with E-state index < -0.39 is 12.8 Å². The third-order valence-corrected chi connectivity index (χ3v) is 7.07. The molecule has 3 heterocycles. The number of rotatable bonds is 6. The van der Waals surface area contributed by atoms with Crippen LogP contribution in [0.1, 0.15) is 77.6 Å². The van der Waals surface area contributed by atoms with E-state index >= 15 is 0 Å². The first-order chi connectivity index (χ1) is 18.7. The Morgan fingerprint density at radius 1 is 1.00 bits per heavy atom. The summed E-state index contributed by atoms with van der Waals surface area (Å²) in [6.07, 6.45) is 7.70. The molecule has 0 aromatic rings. The first-order valence-electron chi connectivity index (χ1n) is 13.9. The Labute approximate surface area is 233 Å². The molecule has 4 aliphatic rings. The lowest BCUT2D eigenvalue weighted by molar-refractivity contribution is -0.156. The van der Waals surface area contributed by atoms with Gasteiger partial charge in [-0.05, 0) is 44.2 Å². The van der Waals surface area contributed by atoms with Crippen LogP contribution >= 0.6 is 0 Å². The summed E-state index contributed by atoms with van der Waals surface area (Å²) in [5.74, 6) is 1.15. The van der Waals surface area contributed by atoms with E-state index in [2.05, 4.69) is 52.8 Å². The van der Waals surface area contributed by atoms with E-state index in [1.807, 2.05) is 6.92 Å². The molecule has 39 heavy (non-hydrogen) atoms. The van der Waals surface area contributed by atoms with Crippen LogP contribution in [0.25, 0.3) is 0 Å². The Morgan fingerprint density at radius 2 is 1.67 bits per heavy atom. The molecule has 0 amide bonds. The SMILES string of the molecule is C=C.C=C.C=C(N)CC1=NCN=C1C.FC(F)(F)COC1=NC2=C(CC1)CCN(CCC1CCCCC1)CC2. The normalized spacial score (nSPS) is 19.7. The topological polar surface area (TPSA) is 75.6 Å². The van der Waals surface area contributed by atoms with Crippen molar-refractivity contribution in [2.24, 2.45) is 26.6 Å². The van der Waals surface area contributed by atoms with Crippen molar-refractivity contribution in [3.63, 3.8) is 0 Å². The monoisotopic (exact) mass is 551 g/mol. The van der Waals surface area contributed by atoms with Crippen molar-refractivity contribution in [3.05, 3.63) is 49.9 Å². The van der Waals surface area contributed by atoms with Gasteiger partial charge in [-0.25, -0.2) is 4.99 Å². The summed E-state index contributed by atoms with van der Waals surface area (Å²) in [6.45, 7) is 20.0. The maximum absolute atomic E-state index is 12.3. The fourth-order valence-corrected chi connectivity index (χ4v) is 5.02. The third kappa shape index (κ3) is 13.8. The van der Waals surface area contributed by atoms with Crippen molar-refractivity contribution in [3.8, 4) is 0 Å². The highest BCUT2D eigenvalue weighted by Crippen LogP contribution is 2.30. The van der Waals surface area contributed by atoms with Gasteiger partial charge >= 0.3 is 6.18 Å². The zero-order valence-corrected chi connectivity index (χ0v) is 23.8. The number of aliphatic imine (C=N–C) groups is 3. The van der Waals surface area contributed by atoms with Crippen LogP contribution < -0.4 is 5.73 Å². The lowest BCUT2D eigenvalue weighted by atomic mass is 9.87. The Morgan fingerprint density at radius 3 is 2.26 bits per heavy atom. The maximum Gasteiger partial charge on any atom is 0.422 e. The van der Waals surface area contributed by atoms with Gasteiger partial charge in [-0.3, -0.25) is 9.98 Å². The molecule has 0 radical (unpaired) electrons. The van der Waals surface area contributed by atoms with Gasteiger partial charge in [-0.2, -0.15) is 13.2 Å². The lowest BCUT2D eigenvalue weighted by Gasteiger charge is -2.26. The average Bonchev–Trinajstić information content (AvgIpc) is 3.21. The molecule has 1 fully saturated rings. The second-order valence-electron chi connectivity index (χ2n) is 9.92. The standard InChI is InChI=1S/C19H29F3N2O.C7H11N3.2C2H4/c20-19(21,22)14-25-18-7-6-16-9-12-24(13-10-17(16)23-18)11-8-15-4-2-1-3-5-15;1-5(8)3-7-6(2)9-4-10-7;2*1-2/h15H,1-14H2;1,3-4,8H2,2H3;2*1-2H2. The van der Waals surface area contributed by atoms with Gasteiger partial charge in [-0.1, -0.05) is 38.7 Å². The van der Waals surface area contributed by atoms with Gasteiger partial charge in [0, 0.05) is 43.7 Å². The maximum atomic E-state index is 12.3. The highest BCUT2D eigenvalue weighted by Gasteiger charge is 2.30. The average molecular weight is 552 g/mol. The van der Waals surface area contributed by atoms with E-state index in [-0.39, 0.29) is 5.90 Å². The van der Waals surface area contributed by atoms with Crippen LogP contribution in [0.15, 0.2) is 64.8 Å². The second-order valence-corrected chi connectivity index (χ2v) is 9.92. The van der Waals surface area contributed by atoms with E-state index in [9.17, 15) is 13.2 Å². The minimum atomic E-state index is -4.30. The molecule has 3 aliphatic heterocycles. The van der Waals surface area contributed by atoms with Crippen LogP contribution in [0.5, 0.6) is 0 Å². The van der Waals surface area contributed by atoms with Crippen molar-refractivity contribution >= 4 is 17.3 Å². The summed E-state index contributed by atoms with van der Waals surface area (Å²) >= 11 is 0. The Balaban J connectivity index is 0.000000454. The molecule has 2 N–H and O–H groups in total. The molecule has 1 aliphatic carbocycles. The van der Waals surface area contributed by atoms with Crippen LogP contribution in [0.3, 0.4) is 0 Å². The summed E-state index contributed by atoms with van der Waals surface area (Å²) in [5, 5.41) is 0. The Bertz CT molecular complexity index is 884. The quantitative estimate of drug-likeness (QED) is 0.349. The molecule has 220 valence electrons. The zero-order valence-electron chi connectivity index (χ0n) is 23.8. The number of nitrogens with two attached hydrogens (primary N) is 1. The number of hydrogen-bond donors (Lipinski definition) is 1. The molecule has 4 rings (SSSR count). The summed E-state index contributed by atoms with van der Waals surface area (Å²) in [6, 6.07) is 0. The van der Waals surface area contributed by atoms with Gasteiger partial charge in [-0.15, -0.1) is 26.3 Å². The number of ether oxygens (including phenoxy) is 1. The minimum Gasteiger partial charge on any atom is -0.471 e. The van der Waals surface area contributed by atoms with Gasteiger partial charge in [0.25, 0.3) is 0 Å². The smallest absolute Gasteiger partial charge is 0.422 e. The lowest BCUT2D eigenvalue weighted by Crippen LogP contribution is -2.28. The molecular formula is C30H48F3N5O. The largest absolute Gasteiger partial charge is 0.471 e. The molecule has 0 bridgehead atoms. The predicted octanol–water partition coefficient (Wildman–Crippen LogP) is 7.40. The summed E-state index contributed by atoms with van der Waals surface area (Å²) in [7, 11) is 0. The second kappa shape index (κ2) is 18.6. The van der Waals surface area contributed by atoms with E-state index in [1.165, 1.54) is 44.1 Å². The van der Waals surface area contributed by atoms with Gasteiger partial charge in [0.15, 0.2) is 12.5 Å². The number of hydrogen-bond acceptors (Lipinski definition) is 6. The van der Waals surface area contributed by atoms with Crippen LogP contribution in [-0.2, 0) is 4.74 Å². The van der Waals surface area contributed by atoms with Crippen LogP contribution in [-0.4, -0.2) is 61.3 Å². The number of nitrogens with zero attached hydrogens (tertiary/aromatic N) is 4. The Hall–Kier alpha value is -2.68. The Kier molecular flexibility index (Phi) is 16.4.